The number of benzene rings is 1. The van der Waals surface area contributed by atoms with Crippen molar-refractivity contribution in [2.24, 2.45) is 0 Å². The number of carbonyl (C=O) groups excluding carboxylic acids is 2. The van der Waals surface area contributed by atoms with Crippen molar-refractivity contribution in [3.05, 3.63) is 52.8 Å². The van der Waals surface area contributed by atoms with Crippen LogP contribution in [0.4, 0.5) is 5.69 Å². The second-order valence-corrected chi connectivity index (χ2v) is 6.23. The standard InChI is InChI=1S/C18H21ClN4O3/c1-23(2)7-6-21-17(24)12-8-13(11-20-10-12)18(25)22-14-4-5-16(26-3)15(19)9-14/h4-5,8-11H,6-7H2,1-3H3,(H,21,24)(H,22,25). The second-order valence-electron chi connectivity index (χ2n) is 5.82. The first kappa shape index (κ1) is 19.7. The van der Waals surface area contributed by atoms with E-state index in [4.69, 9.17) is 16.3 Å². The zero-order chi connectivity index (χ0) is 19.1. The maximum Gasteiger partial charge on any atom is 0.257 e. The van der Waals surface area contributed by atoms with Crippen LogP contribution < -0.4 is 15.4 Å². The molecule has 0 spiro atoms. The number of hydrogen-bond acceptors (Lipinski definition) is 5. The fourth-order valence-electron chi connectivity index (χ4n) is 2.13. The van der Waals surface area contributed by atoms with Crippen LogP contribution in [0.1, 0.15) is 20.7 Å². The van der Waals surface area contributed by atoms with Crippen LogP contribution in [-0.2, 0) is 0 Å². The summed E-state index contributed by atoms with van der Waals surface area (Å²) in [4.78, 5) is 30.5. The maximum atomic E-state index is 12.4. The molecular weight excluding hydrogens is 356 g/mol. The monoisotopic (exact) mass is 376 g/mol. The largest absolute Gasteiger partial charge is 0.495 e. The normalized spacial score (nSPS) is 10.5. The summed E-state index contributed by atoms with van der Waals surface area (Å²) in [5, 5.41) is 5.89. The molecule has 0 aliphatic carbocycles. The minimum Gasteiger partial charge on any atom is -0.495 e. The van der Waals surface area contributed by atoms with Crippen LogP contribution in [0.2, 0.25) is 5.02 Å². The summed E-state index contributed by atoms with van der Waals surface area (Å²) in [6.07, 6.45) is 2.82. The van der Waals surface area contributed by atoms with E-state index in [2.05, 4.69) is 15.6 Å². The van der Waals surface area contributed by atoms with E-state index in [0.29, 0.717) is 28.6 Å². The van der Waals surface area contributed by atoms with Gasteiger partial charge in [0.1, 0.15) is 5.75 Å². The molecule has 0 fully saturated rings. The Morgan fingerprint density at radius 2 is 1.85 bits per heavy atom. The Hall–Kier alpha value is -2.64. The average Bonchev–Trinajstić information content (AvgIpc) is 2.61. The molecule has 0 aliphatic rings. The quantitative estimate of drug-likeness (QED) is 0.774. The molecule has 2 rings (SSSR count). The molecule has 0 aliphatic heterocycles. The Balaban J connectivity index is 2.05. The van der Waals surface area contributed by atoms with Gasteiger partial charge < -0.3 is 20.3 Å². The van der Waals surface area contributed by atoms with Crippen LogP contribution in [-0.4, -0.2) is 56.0 Å². The second kappa shape index (κ2) is 9.17. The zero-order valence-electron chi connectivity index (χ0n) is 14.9. The van der Waals surface area contributed by atoms with E-state index in [0.717, 1.165) is 6.54 Å². The fourth-order valence-corrected chi connectivity index (χ4v) is 2.39. The van der Waals surface area contributed by atoms with Crippen LogP contribution in [0.5, 0.6) is 5.75 Å². The summed E-state index contributed by atoms with van der Waals surface area (Å²) >= 11 is 6.05. The van der Waals surface area contributed by atoms with Crippen LogP contribution in [0.15, 0.2) is 36.7 Å². The summed E-state index contributed by atoms with van der Waals surface area (Å²) in [5.41, 5.74) is 1.11. The van der Waals surface area contributed by atoms with Gasteiger partial charge in [-0.15, -0.1) is 0 Å². The van der Waals surface area contributed by atoms with Crippen LogP contribution >= 0.6 is 11.6 Å². The Bertz CT molecular complexity index is 796. The Morgan fingerprint density at radius 3 is 2.46 bits per heavy atom. The number of rotatable bonds is 7. The van der Waals surface area contributed by atoms with E-state index in [1.807, 2.05) is 19.0 Å². The van der Waals surface area contributed by atoms with Gasteiger partial charge in [0.05, 0.1) is 23.3 Å². The summed E-state index contributed by atoms with van der Waals surface area (Å²) in [5.74, 6) is -0.147. The number of likely N-dealkylation sites (N-methyl/N-ethyl adjacent to an activating group) is 1. The summed E-state index contributed by atoms with van der Waals surface area (Å²) in [7, 11) is 5.36. The van der Waals surface area contributed by atoms with E-state index >= 15 is 0 Å². The van der Waals surface area contributed by atoms with Gasteiger partial charge in [-0.05, 0) is 38.4 Å². The van der Waals surface area contributed by atoms with Crippen molar-refractivity contribution >= 4 is 29.1 Å². The molecule has 8 heteroatoms. The fraction of sp³-hybridized carbons (Fsp3) is 0.278. The summed E-state index contributed by atoms with van der Waals surface area (Å²) < 4.78 is 5.08. The van der Waals surface area contributed by atoms with Crippen LogP contribution in [0.3, 0.4) is 0 Å². The predicted octanol–water partition coefficient (Wildman–Crippen LogP) is 2.29. The maximum absolute atomic E-state index is 12.4. The Morgan fingerprint density at radius 1 is 1.15 bits per heavy atom. The number of pyridine rings is 1. The third-order valence-electron chi connectivity index (χ3n) is 3.52. The molecule has 0 saturated heterocycles. The van der Waals surface area contributed by atoms with Crippen LogP contribution in [0, 0.1) is 0 Å². The highest BCUT2D eigenvalue weighted by Crippen LogP contribution is 2.27. The molecule has 1 heterocycles. The summed E-state index contributed by atoms with van der Waals surface area (Å²) in [6, 6.07) is 6.42. The lowest BCUT2D eigenvalue weighted by atomic mass is 10.2. The number of amides is 2. The zero-order valence-corrected chi connectivity index (χ0v) is 15.6. The summed E-state index contributed by atoms with van der Waals surface area (Å²) in [6.45, 7) is 1.23. The number of methoxy groups -OCH3 is 1. The minimum atomic E-state index is -0.387. The van der Waals surface area contributed by atoms with Crippen molar-refractivity contribution in [1.29, 1.82) is 0 Å². The van der Waals surface area contributed by atoms with Crippen LogP contribution in [0.25, 0.3) is 0 Å². The van der Waals surface area contributed by atoms with Gasteiger partial charge in [-0.2, -0.15) is 0 Å². The lowest BCUT2D eigenvalue weighted by Crippen LogP contribution is -2.31. The number of halogens is 1. The lowest BCUT2D eigenvalue weighted by Gasteiger charge is -2.11. The SMILES string of the molecule is COc1ccc(NC(=O)c2cncc(C(=O)NCCN(C)C)c2)cc1Cl. The van der Waals surface area contributed by atoms with Gasteiger partial charge in [-0.1, -0.05) is 11.6 Å². The van der Waals surface area contributed by atoms with Crippen molar-refractivity contribution in [2.75, 3.05) is 39.6 Å². The van der Waals surface area contributed by atoms with Gasteiger partial charge in [0, 0.05) is 31.2 Å². The molecule has 1 aromatic carbocycles. The molecule has 138 valence electrons. The molecular formula is C18H21ClN4O3. The molecule has 7 nitrogen and oxygen atoms in total. The number of anilines is 1. The highest BCUT2D eigenvalue weighted by atomic mass is 35.5. The van der Waals surface area contributed by atoms with E-state index < -0.39 is 0 Å². The van der Waals surface area contributed by atoms with E-state index in [-0.39, 0.29) is 17.4 Å². The molecule has 1 aromatic heterocycles. The van der Waals surface area contributed by atoms with Crippen molar-refractivity contribution in [2.45, 2.75) is 0 Å². The number of ether oxygens (including phenoxy) is 1. The first-order chi connectivity index (χ1) is 12.4. The van der Waals surface area contributed by atoms with E-state index in [1.54, 1.807) is 18.2 Å². The van der Waals surface area contributed by atoms with Gasteiger partial charge >= 0.3 is 0 Å². The van der Waals surface area contributed by atoms with Gasteiger partial charge in [0.15, 0.2) is 0 Å². The molecule has 26 heavy (non-hydrogen) atoms. The van der Waals surface area contributed by atoms with Gasteiger partial charge in [0.2, 0.25) is 0 Å². The van der Waals surface area contributed by atoms with E-state index in [1.165, 1.54) is 25.6 Å². The van der Waals surface area contributed by atoms with Gasteiger partial charge in [-0.3, -0.25) is 14.6 Å². The van der Waals surface area contributed by atoms with Gasteiger partial charge in [-0.25, -0.2) is 0 Å². The first-order valence-electron chi connectivity index (χ1n) is 7.93. The molecule has 0 saturated carbocycles. The van der Waals surface area contributed by atoms with Crippen molar-refractivity contribution in [1.82, 2.24) is 15.2 Å². The molecule has 2 amide bonds. The highest BCUT2D eigenvalue weighted by molar-refractivity contribution is 6.32. The van der Waals surface area contributed by atoms with E-state index in [9.17, 15) is 9.59 Å². The lowest BCUT2D eigenvalue weighted by molar-refractivity contribution is 0.0950. The number of nitrogens with zero attached hydrogens (tertiary/aromatic N) is 2. The minimum absolute atomic E-state index is 0.275. The highest BCUT2D eigenvalue weighted by Gasteiger charge is 2.12. The number of aromatic nitrogens is 1. The molecule has 2 N–H and O–H groups in total. The van der Waals surface area contributed by atoms with Crippen molar-refractivity contribution in [3.63, 3.8) is 0 Å². The third-order valence-corrected chi connectivity index (χ3v) is 3.81. The topological polar surface area (TPSA) is 83.6 Å². The Labute approximate surface area is 157 Å². The Kier molecular flexibility index (Phi) is 6.94. The molecule has 0 atom stereocenters. The molecule has 0 radical (unpaired) electrons. The number of carbonyl (C=O) groups is 2. The average molecular weight is 377 g/mol. The third kappa shape index (κ3) is 5.44. The smallest absolute Gasteiger partial charge is 0.257 e. The number of hydrogen-bond donors (Lipinski definition) is 2. The molecule has 0 bridgehead atoms. The van der Waals surface area contributed by atoms with Crippen molar-refractivity contribution in [3.8, 4) is 5.75 Å². The predicted molar refractivity (Wildman–Crippen MR) is 101 cm³/mol. The molecule has 0 unspecified atom stereocenters. The van der Waals surface area contributed by atoms with Gasteiger partial charge in [0.25, 0.3) is 11.8 Å². The first-order valence-corrected chi connectivity index (χ1v) is 8.31. The molecule has 2 aromatic rings. The number of nitrogens with one attached hydrogen (secondary N) is 2. The van der Waals surface area contributed by atoms with Crippen molar-refractivity contribution < 1.29 is 14.3 Å².